The lowest BCUT2D eigenvalue weighted by molar-refractivity contribution is 0.132. The number of alkyl carbamates (subject to hydrolysis) is 1. The molecule has 1 aromatic rings. The van der Waals surface area contributed by atoms with Gasteiger partial charge in [-0.05, 0) is 18.1 Å². The molecule has 0 aliphatic carbocycles. The first kappa shape index (κ1) is 15.5. The summed E-state index contributed by atoms with van der Waals surface area (Å²) < 4.78 is 5.01. The summed E-state index contributed by atoms with van der Waals surface area (Å²) in [6.07, 6.45) is 0.0857. The first-order valence-corrected chi connectivity index (χ1v) is 7.02. The summed E-state index contributed by atoms with van der Waals surface area (Å²) in [6, 6.07) is 3.84. The highest BCUT2D eigenvalue weighted by atomic mass is 32.1. The van der Waals surface area contributed by atoms with Gasteiger partial charge in [0, 0.05) is 11.3 Å². The van der Waals surface area contributed by atoms with Gasteiger partial charge >= 0.3 is 6.09 Å². The number of thiophene rings is 1. The smallest absolute Gasteiger partial charge is 0.407 e. The Labute approximate surface area is 117 Å². The summed E-state index contributed by atoms with van der Waals surface area (Å²) in [4.78, 5) is 13.3. The molecule has 2 N–H and O–H groups in total. The predicted octanol–water partition coefficient (Wildman–Crippen LogP) is 2.36. The van der Waals surface area contributed by atoms with Crippen molar-refractivity contribution in [3.63, 3.8) is 0 Å². The maximum Gasteiger partial charge on any atom is 0.407 e. The van der Waals surface area contributed by atoms with Gasteiger partial charge in [0.2, 0.25) is 0 Å². The maximum absolute atomic E-state index is 11.4. The average molecular weight is 281 g/mol. The first-order chi connectivity index (χ1) is 9.11. The van der Waals surface area contributed by atoms with Crippen LogP contribution in [-0.2, 0) is 11.3 Å². The molecule has 0 bridgehead atoms. The minimum absolute atomic E-state index is 0.0779. The zero-order chi connectivity index (χ0) is 14.1. The van der Waals surface area contributed by atoms with Gasteiger partial charge in [0.05, 0.1) is 24.6 Å². The molecule has 4 nitrogen and oxygen atoms in total. The van der Waals surface area contributed by atoms with Gasteiger partial charge in [-0.25, -0.2) is 4.79 Å². The van der Waals surface area contributed by atoms with E-state index in [0.717, 1.165) is 9.75 Å². The molecule has 0 saturated carbocycles. The van der Waals surface area contributed by atoms with E-state index in [9.17, 15) is 4.79 Å². The number of hydrogen-bond acceptors (Lipinski definition) is 4. The van der Waals surface area contributed by atoms with Crippen LogP contribution in [0.25, 0.3) is 0 Å². The molecule has 0 aliphatic heterocycles. The van der Waals surface area contributed by atoms with E-state index >= 15 is 0 Å². The summed E-state index contributed by atoms with van der Waals surface area (Å²) in [7, 11) is 0. The van der Waals surface area contributed by atoms with Gasteiger partial charge in [0.15, 0.2) is 0 Å². The maximum atomic E-state index is 11.4. The second kappa shape index (κ2) is 8.57. The largest absolute Gasteiger partial charge is 0.449 e. The highest BCUT2D eigenvalue weighted by Crippen LogP contribution is 2.15. The number of rotatable bonds is 5. The van der Waals surface area contributed by atoms with Crippen LogP contribution >= 0.6 is 11.3 Å². The molecule has 1 aromatic heterocycles. The number of carbonyl (C=O) groups excluding carboxylic acids is 1. The SMILES string of the molecule is CC(C)COC(=O)NCc1ccc(C#CCCO)s1. The molecule has 1 heterocycles. The molecule has 0 fully saturated rings. The van der Waals surface area contributed by atoms with Crippen molar-refractivity contribution < 1.29 is 14.6 Å². The number of amides is 1. The molecular weight excluding hydrogens is 262 g/mol. The van der Waals surface area contributed by atoms with Gasteiger partial charge in [0.25, 0.3) is 0 Å². The standard InChI is InChI=1S/C14H19NO3S/c1-11(2)10-18-14(17)15-9-13-7-6-12(19-13)5-3-4-8-16/h6-7,11,16H,4,8-10H2,1-2H3,(H,15,17). The predicted molar refractivity (Wildman–Crippen MR) is 75.9 cm³/mol. The van der Waals surface area contributed by atoms with Gasteiger partial charge in [-0.15, -0.1) is 11.3 Å². The Kier molecular flexibility index (Phi) is 7.01. The lowest BCUT2D eigenvalue weighted by atomic mass is 10.2. The van der Waals surface area contributed by atoms with Gasteiger partial charge < -0.3 is 15.2 Å². The third kappa shape index (κ3) is 6.85. The lowest BCUT2D eigenvalue weighted by Gasteiger charge is -2.07. The van der Waals surface area contributed by atoms with Crippen LogP contribution in [0.1, 0.15) is 30.0 Å². The summed E-state index contributed by atoms with van der Waals surface area (Å²) in [5.41, 5.74) is 0. The van der Waals surface area contributed by atoms with Crippen molar-refractivity contribution in [1.82, 2.24) is 5.32 Å². The van der Waals surface area contributed by atoms with Crippen molar-refractivity contribution in [2.75, 3.05) is 13.2 Å². The number of hydrogen-bond donors (Lipinski definition) is 2. The van der Waals surface area contributed by atoms with E-state index in [4.69, 9.17) is 9.84 Å². The van der Waals surface area contributed by atoms with Crippen molar-refractivity contribution >= 4 is 17.4 Å². The fraction of sp³-hybridized carbons (Fsp3) is 0.500. The molecule has 0 saturated heterocycles. The second-order valence-corrected chi connectivity index (χ2v) is 5.56. The van der Waals surface area contributed by atoms with Gasteiger partial charge in [0.1, 0.15) is 0 Å². The Bertz CT molecular complexity index is 457. The van der Waals surface area contributed by atoms with Crippen molar-refractivity contribution in [3.8, 4) is 11.8 Å². The first-order valence-electron chi connectivity index (χ1n) is 6.21. The van der Waals surface area contributed by atoms with E-state index in [1.165, 1.54) is 11.3 Å². The molecule has 0 spiro atoms. The zero-order valence-electron chi connectivity index (χ0n) is 11.2. The monoisotopic (exact) mass is 281 g/mol. The van der Waals surface area contributed by atoms with Gasteiger partial charge in [-0.3, -0.25) is 0 Å². The topological polar surface area (TPSA) is 58.6 Å². The Hall–Kier alpha value is -1.51. The molecule has 1 rings (SSSR count). The minimum atomic E-state index is -0.394. The molecule has 104 valence electrons. The Morgan fingerprint density at radius 2 is 2.32 bits per heavy atom. The molecule has 19 heavy (non-hydrogen) atoms. The fourth-order valence-corrected chi connectivity index (χ4v) is 2.02. The fourth-order valence-electron chi connectivity index (χ4n) is 1.20. The molecule has 0 radical (unpaired) electrons. The van der Waals surface area contributed by atoms with E-state index in [0.29, 0.717) is 25.5 Å². The number of aliphatic hydroxyl groups is 1. The summed E-state index contributed by atoms with van der Waals surface area (Å²) >= 11 is 1.52. The molecule has 0 aliphatic rings. The normalized spacial score (nSPS) is 9.89. The second-order valence-electron chi connectivity index (χ2n) is 4.39. The van der Waals surface area contributed by atoms with Crippen molar-refractivity contribution in [2.24, 2.45) is 5.92 Å². The van der Waals surface area contributed by atoms with Crippen LogP contribution in [0.2, 0.25) is 0 Å². The van der Waals surface area contributed by atoms with Crippen LogP contribution in [0.5, 0.6) is 0 Å². The Morgan fingerprint density at radius 3 is 3.00 bits per heavy atom. The van der Waals surface area contributed by atoms with E-state index in [-0.39, 0.29) is 6.61 Å². The van der Waals surface area contributed by atoms with E-state index in [1.54, 1.807) is 0 Å². The van der Waals surface area contributed by atoms with Crippen molar-refractivity contribution in [2.45, 2.75) is 26.8 Å². The van der Waals surface area contributed by atoms with Crippen LogP contribution in [0.4, 0.5) is 4.79 Å². The third-order valence-corrected chi connectivity index (χ3v) is 3.07. The average Bonchev–Trinajstić information content (AvgIpc) is 2.82. The van der Waals surface area contributed by atoms with Crippen molar-refractivity contribution in [3.05, 3.63) is 21.9 Å². The van der Waals surface area contributed by atoms with E-state index in [1.807, 2.05) is 26.0 Å². The summed E-state index contributed by atoms with van der Waals surface area (Å²) in [5.74, 6) is 6.15. The molecule has 0 aromatic carbocycles. The number of nitrogens with one attached hydrogen (secondary N) is 1. The van der Waals surface area contributed by atoms with Crippen LogP contribution in [0.3, 0.4) is 0 Å². The molecule has 1 amide bonds. The van der Waals surface area contributed by atoms with Crippen LogP contribution in [-0.4, -0.2) is 24.4 Å². The van der Waals surface area contributed by atoms with Gasteiger partial charge in [-0.2, -0.15) is 0 Å². The van der Waals surface area contributed by atoms with Gasteiger partial charge in [-0.1, -0.05) is 25.7 Å². The number of ether oxygens (including phenoxy) is 1. The lowest BCUT2D eigenvalue weighted by Crippen LogP contribution is -2.24. The number of aliphatic hydroxyl groups excluding tert-OH is 1. The number of carbonyl (C=O) groups is 1. The minimum Gasteiger partial charge on any atom is -0.449 e. The van der Waals surface area contributed by atoms with E-state index in [2.05, 4.69) is 17.2 Å². The Morgan fingerprint density at radius 1 is 1.53 bits per heavy atom. The van der Waals surface area contributed by atoms with Crippen LogP contribution in [0.15, 0.2) is 12.1 Å². The van der Waals surface area contributed by atoms with E-state index < -0.39 is 6.09 Å². The molecule has 5 heteroatoms. The molecule has 0 unspecified atom stereocenters. The molecule has 0 atom stereocenters. The summed E-state index contributed by atoms with van der Waals surface area (Å²) in [5, 5.41) is 11.3. The Balaban J connectivity index is 2.34. The third-order valence-electron chi connectivity index (χ3n) is 2.06. The quantitative estimate of drug-likeness (QED) is 0.815. The zero-order valence-corrected chi connectivity index (χ0v) is 12.0. The van der Waals surface area contributed by atoms with Crippen LogP contribution in [0, 0.1) is 17.8 Å². The molecular formula is C14H19NO3S. The van der Waals surface area contributed by atoms with Crippen LogP contribution < -0.4 is 5.32 Å². The highest BCUT2D eigenvalue weighted by molar-refractivity contribution is 7.12. The van der Waals surface area contributed by atoms with Crippen molar-refractivity contribution in [1.29, 1.82) is 0 Å². The highest BCUT2D eigenvalue weighted by Gasteiger charge is 2.04. The summed E-state index contributed by atoms with van der Waals surface area (Å²) in [6.45, 7) is 4.93.